The number of carbonyl (C=O) groups is 1. The third-order valence-electron chi connectivity index (χ3n) is 5.38. The summed E-state index contributed by atoms with van der Waals surface area (Å²) in [5.41, 5.74) is 3.02. The summed E-state index contributed by atoms with van der Waals surface area (Å²) >= 11 is 0. The number of hydrogen-bond acceptors (Lipinski definition) is 5. The van der Waals surface area contributed by atoms with Gasteiger partial charge in [0.1, 0.15) is 6.54 Å². The molecule has 7 nitrogen and oxygen atoms in total. The summed E-state index contributed by atoms with van der Waals surface area (Å²) in [5, 5.41) is 2.89. The Kier molecular flexibility index (Phi) is 5.43. The van der Waals surface area contributed by atoms with Gasteiger partial charge in [0.15, 0.2) is 0 Å². The summed E-state index contributed by atoms with van der Waals surface area (Å²) < 4.78 is 7.02. The topological polar surface area (TPSA) is 76.5 Å². The first-order valence-corrected chi connectivity index (χ1v) is 9.88. The molecule has 0 radical (unpaired) electrons. The molecule has 1 saturated heterocycles. The lowest BCUT2D eigenvalue weighted by Gasteiger charge is -2.31. The van der Waals surface area contributed by atoms with Crippen LogP contribution in [0.15, 0.2) is 35.1 Å². The van der Waals surface area contributed by atoms with Gasteiger partial charge in [-0.3, -0.25) is 14.2 Å². The van der Waals surface area contributed by atoms with Crippen molar-refractivity contribution in [2.24, 2.45) is 0 Å². The molecule has 0 spiro atoms. The first-order chi connectivity index (χ1) is 13.6. The summed E-state index contributed by atoms with van der Waals surface area (Å²) in [5.74, 6) is 0.369. The van der Waals surface area contributed by atoms with Crippen molar-refractivity contribution in [3.8, 4) is 0 Å². The fourth-order valence-electron chi connectivity index (χ4n) is 3.89. The predicted molar refractivity (Wildman–Crippen MR) is 106 cm³/mol. The van der Waals surface area contributed by atoms with E-state index in [4.69, 9.17) is 4.74 Å². The number of rotatable bonds is 5. The maximum Gasteiger partial charge on any atom is 0.255 e. The highest BCUT2D eigenvalue weighted by molar-refractivity contribution is 5.76. The molecule has 1 amide bonds. The highest BCUT2D eigenvalue weighted by atomic mass is 16.5. The maximum absolute atomic E-state index is 12.6. The summed E-state index contributed by atoms with van der Waals surface area (Å²) in [6.07, 6.45) is 2.97. The van der Waals surface area contributed by atoms with Crippen LogP contribution in [0.5, 0.6) is 0 Å². The molecule has 1 aromatic carbocycles. The standard InChI is InChI=1S/C21H26N4O3/c1-15-11-20(27)25(14-19(26)22-12-18-7-4-10-28-18)21(23-15)24-9-8-16-5-2-3-6-17(16)13-24/h2-3,5-6,11,18H,4,7-10,12-14H2,1H3,(H,22,26)/t18-/m0/s1. The van der Waals surface area contributed by atoms with E-state index in [1.807, 2.05) is 19.1 Å². The Morgan fingerprint density at radius 3 is 2.93 bits per heavy atom. The van der Waals surface area contributed by atoms with Gasteiger partial charge in [-0.05, 0) is 37.3 Å². The van der Waals surface area contributed by atoms with E-state index >= 15 is 0 Å². The molecule has 2 aliphatic heterocycles. The van der Waals surface area contributed by atoms with E-state index in [-0.39, 0.29) is 24.1 Å². The van der Waals surface area contributed by atoms with Crippen molar-refractivity contribution in [2.75, 3.05) is 24.6 Å². The van der Waals surface area contributed by atoms with Crippen LogP contribution in [0.3, 0.4) is 0 Å². The number of fused-ring (bicyclic) bond motifs is 1. The Bertz CT molecular complexity index is 918. The lowest BCUT2D eigenvalue weighted by atomic mass is 10.0. The quantitative estimate of drug-likeness (QED) is 0.846. The second-order valence-corrected chi connectivity index (χ2v) is 7.50. The Balaban J connectivity index is 1.53. The number of nitrogens with zero attached hydrogens (tertiary/aromatic N) is 3. The number of anilines is 1. The van der Waals surface area contributed by atoms with Crippen LogP contribution in [0.4, 0.5) is 5.95 Å². The van der Waals surface area contributed by atoms with Crippen molar-refractivity contribution in [1.29, 1.82) is 0 Å². The largest absolute Gasteiger partial charge is 0.376 e. The highest BCUT2D eigenvalue weighted by Gasteiger charge is 2.22. The van der Waals surface area contributed by atoms with Gasteiger partial charge in [-0.25, -0.2) is 4.98 Å². The van der Waals surface area contributed by atoms with Crippen molar-refractivity contribution in [1.82, 2.24) is 14.9 Å². The number of aromatic nitrogens is 2. The number of benzene rings is 1. The van der Waals surface area contributed by atoms with Gasteiger partial charge >= 0.3 is 0 Å². The second kappa shape index (κ2) is 8.14. The van der Waals surface area contributed by atoms with Crippen molar-refractivity contribution in [2.45, 2.75) is 45.4 Å². The van der Waals surface area contributed by atoms with Crippen LogP contribution in [0, 0.1) is 6.92 Å². The monoisotopic (exact) mass is 382 g/mol. The van der Waals surface area contributed by atoms with Crippen molar-refractivity contribution < 1.29 is 9.53 Å². The predicted octanol–water partition coefficient (Wildman–Crippen LogP) is 1.41. The Morgan fingerprint density at radius 1 is 1.32 bits per heavy atom. The first kappa shape index (κ1) is 18.7. The van der Waals surface area contributed by atoms with E-state index < -0.39 is 0 Å². The lowest BCUT2D eigenvalue weighted by Crippen LogP contribution is -2.40. The molecule has 2 aliphatic rings. The minimum Gasteiger partial charge on any atom is -0.376 e. The second-order valence-electron chi connectivity index (χ2n) is 7.50. The third-order valence-corrected chi connectivity index (χ3v) is 5.38. The van der Waals surface area contributed by atoms with Crippen molar-refractivity contribution in [3.05, 3.63) is 57.5 Å². The molecular formula is C21H26N4O3. The zero-order chi connectivity index (χ0) is 19.5. The Hall–Kier alpha value is -2.67. The SMILES string of the molecule is Cc1cc(=O)n(CC(=O)NC[C@@H]2CCCO2)c(N2CCc3ccccc3C2)n1. The van der Waals surface area contributed by atoms with Crippen LogP contribution < -0.4 is 15.8 Å². The van der Waals surface area contributed by atoms with E-state index in [1.165, 1.54) is 21.8 Å². The lowest BCUT2D eigenvalue weighted by molar-refractivity contribution is -0.122. The molecule has 0 aliphatic carbocycles. The third kappa shape index (κ3) is 4.09. The molecular weight excluding hydrogens is 356 g/mol. The fourth-order valence-corrected chi connectivity index (χ4v) is 3.89. The molecule has 0 bridgehead atoms. The summed E-state index contributed by atoms with van der Waals surface area (Å²) in [4.78, 5) is 31.8. The van der Waals surface area contributed by atoms with Gasteiger partial charge in [-0.15, -0.1) is 0 Å². The average Bonchev–Trinajstić information content (AvgIpc) is 3.21. The highest BCUT2D eigenvalue weighted by Crippen LogP contribution is 2.22. The molecule has 2 aromatic rings. The van der Waals surface area contributed by atoms with Crippen LogP contribution in [0.1, 0.15) is 29.7 Å². The fraction of sp³-hybridized carbons (Fsp3) is 0.476. The van der Waals surface area contributed by atoms with Crippen molar-refractivity contribution >= 4 is 11.9 Å². The number of carbonyl (C=O) groups excluding carboxylic acids is 1. The van der Waals surface area contributed by atoms with E-state index in [0.717, 1.165) is 32.4 Å². The average molecular weight is 382 g/mol. The Morgan fingerprint density at radius 2 is 2.14 bits per heavy atom. The zero-order valence-electron chi connectivity index (χ0n) is 16.2. The molecule has 148 valence electrons. The number of nitrogens with one attached hydrogen (secondary N) is 1. The Labute approximate surface area is 164 Å². The number of amides is 1. The van der Waals surface area contributed by atoms with E-state index in [1.54, 1.807) is 0 Å². The zero-order valence-corrected chi connectivity index (χ0v) is 16.2. The first-order valence-electron chi connectivity index (χ1n) is 9.88. The van der Waals surface area contributed by atoms with Crippen molar-refractivity contribution in [3.63, 3.8) is 0 Å². The molecule has 1 fully saturated rings. The van der Waals surface area contributed by atoms with Gasteiger partial charge in [0, 0.05) is 38.0 Å². The summed E-state index contributed by atoms with van der Waals surface area (Å²) in [6, 6.07) is 9.80. The van der Waals surface area contributed by atoms with Gasteiger partial charge in [-0.1, -0.05) is 24.3 Å². The van der Waals surface area contributed by atoms with Gasteiger partial charge in [0.25, 0.3) is 5.56 Å². The molecule has 4 rings (SSSR count). The van der Waals surface area contributed by atoms with Gasteiger partial charge < -0.3 is 15.0 Å². The van der Waals surface area contributed by atoms with Crippen LogP contribution in [-0.4, -0.2) is 41.3 Å². The minimum absolute atomic E-state index is 0.0354. The van der Waals surface area contributed by atoms with Crippen LogP contribution in [0.2, 0.25) is 0 Å². The molecule has 1 aromatic heterocycles. The molecule has 1 atom stereocenters. The molecule has 7 heteroatoms. The molecule has 3 heterocycles. The smallest absolute Gasteiger partial charge is 0.255 e. The van der Waals surface area contributed by atoms with E-state index in [0.29, 0.717) is 24.7 Å². The summed E-state index contributed by atoms with van der Waals surface area (Å²) in [6.45, 7) is 4.47. The number of hydrogen-bond donors (Lipinski definition) is 1. The summed E-state index contributed by atoms with van der Waals surface area (Å²) in [7, 11) is 0. The molecule has 0 saturated carbocycles. The van der Waals surface area contributed by atoms with Gasteiger partial charge in [0.2, 0.25) is 11.9 Å². The number of ether oxygens (including phenoxy) is 1. The van der Waals surface area contributed by atoms with Gasteiger partial charge in [0.05, 0.1) is 6.10 Å². The van der Waals surface area contributed by atoms with Gasteiger partial charge in [-0.2, -0.15) is 0 Å². The maximum atomic E-state index is 12.6. The minimum atomic E-state index is -0.200. The van der Waals surface area contributed by atoms with E-state index in [2.05, 4.69) is 27.3 Å². The van der Waals surface area contributed by atoms with Crippen LogP contribution in [0.25, 0.3) is 0 Å². The van der Waals surface area contributed by atoms with E-state index in [9.17, 15) is 9.59 Å². The molecule has 1 N–H and O–H groups in total. The normalized spacial score (nSPS) is 18.8. The molecule has 0 unspecified atom stereocenters. The number of aryl methyl sites for hydroxylation is 1. The molecule has 28 heavy (non-hydrogen) atoms. The van der Waals surface area contributed by atoms with Crippen LogP contribution >= 0.6 is 0 Å². The van der Waals surface area contributed by atoms with Crippen LogP contribution in [-0.2, 0) is 29.0 Å².